The highest BCUT2D eigenvalue weighted by molar-refractivity contribution is 7.16. The maximum atomic E-state index is 4.72. The Labute approximate surface area is 110 Å². The summed E-state index contributed by atoms with van der Waals surface area (Å²) in [5.74, 6) is 0.466. The lowest BCUT2D eigenvalue weighted by atomic mass is 10.2. The molecular weight excluding hydrogens is 250 g/mol. The fourth-order valence-corrected chi connectivity index (χ4v) is 3.61. The molecule has 0 radical (unpaired) electrons. The van der Waals surface area contributed by atoms with Crippen LogP contribution in [0.25, 0.3) is 10.6 Å². The van der Waals surface area contributed by atoms with Crippen LogP contribution in [0.3, 0.4) is 0 Å². The maximum Gasteiger partial charge on any atom is 0.0973 e. The Balaban J connectivity index is 2.26. The quantitative estimate of drug-likeness (QED) is 0.924. The van der Waals surface area contributed by atoms with Crippen molar-refractivity contribution in [1.82, 2.24) is 15.3 Å². The van der Waals surface area contributed by atoms with Gasteiger partial charge in [0.05, 0.1) is 26.3 Å². The second-order valence-corrected chi connectivity index (χ2v) is 6.27. The number of thiazole rings is 2. The second kappa shape index (κ2) is 5.25. The van der Waals surface area contributed by atoms with E-state index in [1.807, 2.05) is 14.0 Å². The van der Waals surface area contributed by atoms with Crippen LogP contribution >= 0.6 is 22.7 Å². The molecule has 2 rings (SSSR count). The summed E-state index contributed by atoms with van der Waals surface area (Å²) in [5.41, 5.74) is 2.17. The van der Waals surface area contributed by atoms with Gasteiger partial charge in [-0.3, -0.25) is 0 Å². The number of nitrogens with one attached hydrogen (secondary N) is 1. The minimum Gasteiger partial charge on any atom is -0.319 e. The Hall–Kier alpha value is -0.780. The highest BCUT2D eigenvalue weighted by atomic mass is 32.1. The van der Waals surface area contributed by atoms with Crippen molar-refractivity contribution in [1.29, 1.82) is 0 Å². The van der Waals surface area contributed by atoms with Crippen molar-refractivity contribution in [3.8, 4) is 10.6 Å². The van der Waals surface area contributed by atoms with Gasteiger partial charge in [-0.05, 0) is 20.9 Å². The lowest BCUT2D eigenvalue weighted by Crippen LogP contribution is -2.14. The first-order chi connectivity index (χ1) is 8.11. The van der Waals surface area contributed by atoms with Crippen LogP contribution in [-0.2, 0) is 0 Å². The summed E-state index contributed by atoms with van der Waals surface area (Å²) < 4.78 is 0. The Morgan fingerprint density at radius 3 is 2.71 bits per heavy atom. The summed E-state index contributed by atoms with van der Waals surface area (Å²) in [7, 11) is 1.97. The zero-order chi connectivity index (χ0) is 12.4. The third kappa shape index (κ3) is 2.73. The molecule has 0 amide bonds. The van der Waals surface area contributed by atoms with E-state index in [-0.39, 0.29) is 0 Å². The standard InChI is InChI=1S/C12H17N3S2/c1-7(5-13-4)12-15-10(6-16-12)11-8(2)14-9(3)17-11/h6-7,13H,5H2,1-4H3. The second-order valence-electron chi connectivity index (χ2n) is 4.18. The number of aryl methyl sites for hydroxylation is 2. The number of aromatic nitrogens is 2. The molecule has 0 aliphatic rings. The van der Waals surface area contributed by atoms with Gasteiger partial charge in [-0.25, -0.2) is 9.97 Å². The lowest BCUT2D eigenvalue weighted by molar-refractivity contribution is 0.674. The monoisotopic (exact) mass is 267 g/mol. The van der Waals surface area contributed by atoms with Gasteiger partial charge < -0.3 is 5.32 Å². The van der Waals surface area contributed by atoms with Gasteiger partial charge in [0.1, 0.15) is 0 Å². The first kappa shape index (κ1) is 12.7. The zero-order valence-electron chi connectivity index (χ0n) is 10.6. The van der Waals surface area contributed by atoms with Crippen LogP contribution < -0.4 is 5.32 Å². The fraction of sp³-hybridized carbons (Fsp3) is 0.500. The number of hydrogen-bond donors (Lipinski definition) is 1. The maximum absolute atomic E-state index is 4.72. The number of rotatable bonds is 4. The van der Waals surface area contributed by atoms with Crippen LogP contribution in [0.4, 0.5) is 0 Å². The van der Waals surface area contributed by atoms with Gasteiger partial charge in [0.15, 0.2) is 0 Å². The Morgan fingerprint density at radius 2 is 2.12 bits per heavy atom. The number of nitrogens with zero attached hydrogens (tertiary/aromatic N) is 2. The van der Waals surface area contributed by atoms with Crippen molar-refractivity contribution in [2.75, 3.05) is 13.6 Å². The van der Waals surface area contributed by atoms with E-state index in [1.165, 1.54) is 9.88 Å². The highest BCUT2D eigenvalue weighted by Crippen LogP contribution is 2.32. The molecule has 3 nitrogen and oxygen atoms in total. The predicted molar refractivity (Wildman–Crippen MR) is 75.0 cm³/mol. The van der Waals surface area contributed by atoms with Crippen molar-refractivity contribution < 1.29 is 0 Å². The van der Waals surface area contributed by atoms with Gasteiger partial charge >= 0.3 is 0 Å². The Kier molecular flexibility index (Phi) is 3.91. The Morgan fingerprint density at radius 1 is 1.35 bits per heavy atom. The molecule has 92 valence electrons. The highest BCUT2D eigenvalue weighted by Gasteiger charge is 2.14. The molecule has 1 unspecified atom stereocenters. The minimum absolute atomic E-state index is 0.466. The Bertz CT molecular complexity index is 502. The molecule has 0 saturated carbocycles. The molecule has 0 aromatic carbocycles. The smallest absolute Gasteiger partial charge is 0.0973 e. The molecular formula is C12H17N3S2. The third-order valence-corrected chi connectivity index (χ3v) is 4.76. The normalized spacial score (nSPS) is 12.9. The van der Waals surface area contributed by atoms with E-state index in [1.54, 1.807) is 22.7 Å². The molecule has 0 bridgehead atoms. The van der Waals surface area contributed by atoms with Crippen molar-refractivity contribution in [3.63, 3.8) is 0 Å². The molecule has 0 aliphatic carbocycles. The molecule has 1 N–H and O–H groups in total. The number of likely N-dealkylation sites (N-methyl/N-ethyl adjacent to an activating group) is 1. The van der Waals surface area contributed by atoms with Gasteiger partial charge in [0.25, 0.3) is 0 Å². The lowest BCUT2D eigenvalue weighted by Gasteiger charge is -2.05. The summed E-state index contributed by atoms with van der Waals surface area (Å²) in [6.07, 6.45) is 0. The molecule has 0 spiro atoms. The van der Waals surface area contributed by atoms with Gasteiger partial charge in [-0.2, -0.15) is 0 Å². The molecule has 2 aromatic rings. The van der Waals surface area contributed by atoms with Gasteiger partial charge in [-0.1, -0.05) is 6.92 Å². The largest absolute Gasteiger partial charge is 0.319 e. The molecule has 2 aromatic heterocycles. The van der Waals surface area contributed by atoms with Crippen LogP contribution in [0, 0.1) is 13.8 Å². The van der Waals surface area contributed by atoms with Gasteiger partial charge in [0.2, 0.25) is 0 Å². The van der Waals surface area contributed by atoms with E-state index >= 15 is 0 Å². The summed E-state index contributed by atoms with van der Waals surface area (Å²) in [6.45, 7) is 7.25. The van der Waals surface area contributed by atoms with E-state index in [0.717, 1.165) is 22.9 Å². The molecule has 5 heteroatoms. The zero-order valence-corrected chi connectivity index (χ0v) is 12.2. The molecule has 17 heavy (non-hydrogen) atoms. The molecule has 1 atom stereocenters. The van der Waals surface area contributed by atoms with Crippen molar-refractivity contribution in [2.24, 2.45) is 0 Å². The van der Waals surface area contributed by atoms with Crippen LogP contribution in [-0.4, -0.2) is 23.6 Å². The topological polar surface area (TPSA) is 37.8 Å². The SMILES string of the molecule is CNCC(C)c1nc(-c2sc(C)nc2C)cs1. The summed E-state index contributed by atoms with van der Waals surface area (Å²) in [5, 5.41) is 7.63. The van der Waals surface area contributed by atoms with E-state index in [9.17, 15) is 0 Å². The third-order valence-electron chi connectivity index (χ3n) is 2.59. The van der Waals surface area contributed by atoms with E-state index in [2.05, 4.69) is 29.5 Å². The van der Waals surface area contributed by atoms with Crippen molar-refractivity contribution in [2.45, 2.75) is 26.7 Å². The van der Waals surface area contributed by atoms with E-state index in [4.69, 9.17) is 4.98 Å². The predicted octanol–water partition coefficient (Wildman–Crippen LogP) is 3.21. The summed E-state index contributed by atoms with van der Waals surface area (Å²) in [6, 6.07) is 0. The van der Waals surface area contributed by atoms with Crippen LogP contribution in [0.15, 0.2) is 5.38 Å². The van der Waals surface area contributed by atoms with Gasteiger partial charge in [-0.15, -0.1) is 22.7 Å². The molecule has 2 heterocycles. The van der Waals surface area contributed by atoms with Crippen LogP contribution in [0.1, 0.15) is 28.6 Å². The van der Waals surface area contributed by atoms with E-state index < -0.39 is 0 Å². The summed E-state index contributed by atoms with van der Waals surface area (Å²) in [4.78, 5) is 10.4. The van der Waals surface area contributed by atoms with Crippen LogP contribution in [0.2, 0.25) is 0 Å². The first-order valence-electron chi connectivity index (χ1n) is 5.66. The van der Waals surface area contributed by atoms with Crippen molar-refractivity contribution in [3.05, 3.63) is 21.1 Å². The number of hydrogen-bond acceptors (Lipinski definition) is 5. The van der Waals surface area contributed by atoms with Crippen molar-refractivity contribution >= 4 is 22.7 Å². The average Bonchev–Trinajstić information content (AvgIpc) is 2.85. The molecule has 0 saturated heterocycles. The van der Waals surface area contributed by atoms with Gasteiger partial charge in [0, 0.05) is 17.8 Å². The first-order valence-corrected chi connectivity index (χ1v) is 7.36. The summed E-state index contributed by atoms with van der Waals surface area (Å²) >= 11 is 3.46. The molecule has 0 fully saturated rings. The fourth-order valence-electron chi connectivity index (χ4n) is 1.78. The molecule has 0 aliphatic heterocycles. The average molecular weight is 267 g/mol. The minimum atomic E-state index is 0.466. The van der Waals surface area contributed by atoms with E-state index in [0.29, 0.717) is 5.92 Å². The van der Waals surface area contributed by atoms with Crippen LogP contribution in [0.5, 0.6) is 0 Å².